The summed E-state index contributed by atoms with van der Waals surface area (Å²) in [5.41, 5.74) is 4.24. The predicted molar refractivity (Wildman–Crippen MR) is 101 cm³/mol. The van der Waals surface area contributed by atoms with Crippen LogP contribution in [0.15, 0.2) is 36.4 Å². The lowest BCUT2D eigenvalue weighted by molar-refractivity contribution is -0.120. The number of aryl methyl sites for hydroxylation is 2. The van der Waals surface area contributed by atoms with Gasteiger partial charge in [-0.3, -0.25) is 9.59 Å². The second-order valence-corrected chi connectivity index (χ2v) is 6.60. The third-order valence-corrected chi connectivity index (χ3v) is 4.66. The summed E-state index contributed by atoms with van der Waals surface area (Å²) < 4.78 is 0. The van der Waals surface area contributed by atoms with Crippen molar-refractivity contribution in [1.82, 2.24) is 5.32 Å². The molecular weight excluding hydrogens is 338 g/mol. The van der Waals surface area contributed by atoms with E-state index >= 15 is 0 Å². The van der Waals surface area contributed by atoms with Crippen molar-refractivity contribution in [3.05, 3.63) is 58.1 Å². The van der Waals surface area contributed by atoms with E-state index in [0.29, 0.717) is 29.4 Å². The van der Waals surface area contributed by atoms with Crippen LogP contribution in [0.3, 0.4) is 0 Å². The SMILES string of the molecule is Cc1ccc(C(=O)Nc2ccc(N3CCNC(=O)C3)c(Cl)c2)cc1C. The number of rotatable bonds is 3. The minimum atomic E-state index is -0.177. The summed E-state index contributed by atoms with van der Waals surface area (Å²) >= 11 is 6.36. The van der Waals surface area contributed by atoms with Gasteiger partial charge in [0.15, 0.2) is 0 Å². The zero-order chi connectivity index (χ0) is 18.0. The van der Waals surface area contributed by atoms with E-state index in [0.717, 1.165) is 16.8 Å². The second-order valence-electron chi connectivity index (χ2n) is 6.19. The van der Waals surface area contributed by atoms with Gasteiger partial charge >= 0.3 is 0 Å². The number of hydrogen-bond donors (Lipinski definition) is 2. The first-order valence-electron chi connectivity index (χ1n) is 8.14. The molecule has 0 atom stereocenters. The molecule has 1 fully saturated rings. The molecule has 6 heteroatoms. The maximum Gasteiger partial charge on any atom is 0.255 e. The van der Waals surface area contributed by atoms with E-state index in [-0.39, 0.29) is 18.4 Å². The lowest BCUT2D eigenvalue weighted by Gasteiger charge is -2.29. The van der Waals surface area contributed by atoms with Crippen molar-refractivity contribution in [3.8, 4) is 0 Å². The number of nitrogens with one attached hydrogen (secondary N) is 2. The van der Waals surface area contributed by atoms with Crippen molar-refractivity contribution < 1.29 is 9.59 Å². The summed E-state index contributed by atoms with van der Waals surface area (Å²) in [6.07, 6.45) is 0. The normalized spacial score (nSPS) is 14.2. The summed E-state index contributed by atoms with van der Waals surface area (Å²) in [7, 11) is 0. The zero-order valence-electron chi connectivity index (χ0n) is 14.2. The Morgan fingerprint density at radius 2 is 1.96 bits per heavy atom. The molecule has 2 N–H and O–H groups in total. The van der Waals surface area contributed by atoms with E-state index in [9.17, 15) is 9.59 Å². The van der Waals surface area contributed by atoms with Crippen LogP contribution < -0.4 is 15.5 Å². The average Bonchev–Trinajstić information content (AvgIpc) is 2.57. The highest BCUT2D eigenvalue weighted by atomic mass is 35.5. The summed E-state index contributed by atoms with van der Waals surface area (Å²) in [5, 5.41) is 6.16. The molecule has 25 heavy (non-hydrogen) atoms. The molecule has 0 spiro atoms. The van der Waals surface area contributed by atoms with Crippen molar-refractivity contribution in [2.24, 2.45) is 0 Å². The first-order valence-corrected chi connectivity index (χ1v) is 8.51. The van der Waals surface area contributed by atoms with Gasteiger partial charge in [-0.1, -0.05) is 17.7 Å². The maximum absolute atomic E-state index is 12.4. The van der Waals surface area contributed by atoms with Gasteiger partial charge < -0.3 is 15.5 Å². The summed E-state index contributed by atoms with van der Waals surface area (Å²) in [6, 6.07) is 10.9. The van der Waals surface area contributed by atoms with Gasteiger partial charge in [0.1, 0.15) is 0 Å². The van der Waals surface area contributed by atoms with Crippen LogP contribution in [0.1, 0.15) is 21.5 Å². The van der Waals surface area contributed by atoms with Crippen LogP contribution in [0, 0.1) is 13.8 Å². The first-order chi connectivity index (χ1) is 11.9. The number of carbonyl (C=O) groups is 2. The summed E-state index contributed by atoms with van der Waals surface area (Å²) in [4.78, 5) is 25.9. The molecule has 130 valence electrons. The highest BCUT2D eigenvalue weighted by Gasteiger charge is 2.19. The van der Waals surface area contributed by atoms with Crippen molar-refractivity contribution >= 4 is 34.8 Å². The molecule has 1 heterocycles. The molecule has 2 aromatic carbocycles. The maximum atomic E-state index is 12.4. The zero-order valence-corrected chi connectivity index (χ0v) is 15.0. The highest BCUT2D eigenvalue weighted by Crippen LogP contribution is 2.29. The number of amides is 2. The fraction of sp³-hybridized carbons (Fsp3) is 0.263. The van der Waals surface area contributed by atoms with E-state index in [1.165, 1.54) is 0 Å². The molecule has 2 amide bonds. The number of piperazine rings is 1. The molecule has 1 aliphatic heterocycles. The Kier molecular flexibility index (Phi) is 4.95. The van der Waals surface area contributed by atoms with Gasteiger partial charge in [0.05, 0.1) is 17.3 Å². The monoisotopic (exact) mass is 357 g/mol. The van der Waals surface area contributed by atoms with E-state index in [2.05, 4.69) is 10.6 Å². The molecule has 3 rings (SSSR count). The van der Waals surface area contributed by atoms with Gasteiger partial charge in [-0.2, -0.15) is 0 Å². The van der Waals surface area contributed by atoms with E-state index in [4.69, 9.17) is 11.6 Å². The third kappa shape index (κ3) is 3.94. The quantitative estimate of drug-likeness (QED) is 0.887. The number of hydrogen-bond acceptors (Lipinski definition) is 3. The Balaban J connectivity index is 1.75. The molecule has 2 aromatic rings. The Morgan fingerprint density at radius 3 is 2.64 bits per heavy atom. The molecule has 0 aliphatic carbocycles. The van der Waals surface area contributed by atoms with Gasteiger partial charge in [-0.05, 0) is 55.3 Å². The fourth-order valence-electron chi connectivity index (χ4n) is 2.77. The standard InChI is InChI=1S/C19H20ClN3O2/c1-12-3-4-14(9-13(12)2)19(25)22-15-5-6-17(16(20)10-15)23-8-7-21-18(24)11-23/h3-6,9-10H,7-8,11H2,1-2H3,(H,21,24)(H,22,25). The predicted octanol–water partition coefficient (Wildman–Crippen LogP) is 3.15. The second kappa shape index (κ2) is 7.15. The van der Waals surface area contributed by atoms with Gasteiger partial charge in [0, 0.05) is 24.3 Å². The highest BCUT2D eigenvalue weighted by molar-refractivity contribution is 6.33. The summed E-state index contributed by atoms with van der Waals surface area (Å²) in [5.74, 6) is -0.196. The molecule has 1 saturated heterocycles. The van der Waals surface area contributed by atoms with Crippen molar-refractivity contribution in [1.29, 1.82) is 0 Å². The van der Waals surface area contributed by atoms with Crippen LogP contribution in [0.25, 0.3) is 0 Å². The Morgan fingerprint density at radius 1 is 1.16 bits per heavy atom. The molecule has 0 bridgehead atoms. The topological polar surface area (TPSA) is 61.4 Å². The molecule has 0 radical (unpaired) electrons. The largest absolute Gasteiger partial charge is 0.359 e. The van der Waals surface area contributed by atoms with Gasteiger partial charge in [-0.15, -0.1) is 0 Å². The number of benzene rings is 2. The van der Waals surface area contributed by atoms with Gasteiger partial charge in [0.2, 0.25) is 5.91 Å². The Hall–Kier alpha value is -2.53. The fourth-order valence-corrected chi connectivity index (χ4v) is 3.07. The number of anilines is 2. The van der Waals surface area contributed by atoms with Crippen molar-refractivity contribution in [2.45, 2.75) is 13.8 Å². The van der Waals surface area contributed by atoms with Gasteiger partial charge in [-0.25, -0.2) is 0 Å². The smallest absolute Gasteiger partial charge is 0.255 e. The Bertz CT molecular complexity index is 835. The lowest BCUT2D eigenvalue weighted by Crippen LogP contribution is -2.47. The van der Waals surface area contributed by atoms with Crippen LogP contribution in [-0.4, -0.2) is 31.4 Å². The minimum Gasteiger partial charge on any atom is -0.359 e. The molecule has 1 aliphatic rings. The van der Waals surface area contributed by atoms with E-state index in [1.807, 2.05) is 36.9 Å². The lowest BCUT2D eigenvalue weighted by atomic mass is 10.1. The molecule has 5 nitrogen and oxygen atoms in total. The molecule has 0 aromatic heterocycles. The first kappa shape index (κ1) is 17.3. The van der Waals surface area contributed by atoms with Crippen molar-refractivity contribution in [3.63, 3.8) is 0 Å². The number of nitrogens with zero attached hydrogens (tertiary/aromatic N) is 1. The number of halogens is 1. The van der Waals surface area contributed by atoms with Crippen LogP contribution in [0.2, 0.25) is 5.02 Å². The number of carbonyl (C=O) groups excluding carboxylic acids is 2. The molecule has 0 saturated carbocycles. The van der Waals surface area contributed by atoms with Crippen LogP contribution in [0.5, 0.6) is 0 Å². The molecule has 0 unspecified atom stereocenters. The summed E-state index contributed by atoms with van der Waals surface area (Å²) in [6.45, 7) is 5.58. The van der Waals surface area contributed by atoms with Crippen LogP contribution in [0.4, 0.5) is 11.4 Å². The van der Waals surface area contributed by atoms with Gasteiger partial charge in [0.25, 0.3) is 5.91 Å². The van der Waals surface area contributed by atoms with Crippen LogP contribution >= 0.6 is 11.6 Å². The average molecular weight is 358 g/mol. The Labute approximate surface area is 152 Å². The molecular formula is C19H20ClN3O2. The third-order valence-electron chi connectivity index (χ3n) is 4.35. The van der Waals surface area contributed by atoms with Crippen LogP contribution in [-0.2, 0) is 4.79 Å². The van der Waals surface area contributed by atoms with E-state index in [1.54, 1.807) is 18.2 Å². The van der Waals surface area contributed by atoms with E-state index < -0.39 is 0 Å². The minimum absolute atomic E-state index is 0.0190. The van der Waals surface area contributed by atoms with Crippen molar-refractivity contribution in [2.75, 3.05) is 29.9 Å².